The molecular formula is C29H45NO2. The normalized spacial score (nSPS) is 44.2. The van der Waals surface area contributed by atoms with Gasteiger partial charge in [0.05, 0.1) is 12.6 Å². The number of nitrogens with one attached hydrogen (secondary N) is 1. The average molecular weight is 440 g/mol. The van der Waals surface area contributed by atoms with Gasteiger partial charge in [-0.15, -0.1) is 6.42 Å². The van der Waals surface area contributed by atoms with Crippen molar-refractivity contribution >= 4 is 5.91 Å². The summed E-state index contributed by atoms with van der Waals surface area (Å²) in [5, 5.41) is 13.0. The Hall–Kier alpha value is -1.27. The molecule has 0 saturated heterocycles. The van der Waals surface area contributed by atoms with Gasteiger partial charge in [-0.3, -0.25) is 4.79 Å². The predicted molar refractivity (Wildman–Crippen MR) is 131 cm³/mol. The van der Waals surface area contributed by atoms with E-state index in [4.69, 9.17) is 6.42 Å². The molecule has 2 N–H and O–H groups in total. The lowest BCUT2D eigenvalue weighted by atomic mass is 9.44. The molecule has 178 valence electrons. The topological polar surface area (TPSA) is 49.3 Å². The molecule has 0 aromatic rings. The van der Waals surface area contributed by atoms with E-state index < -0.39 is 0 Å². The highest BCUT2D eigenvalue weighted by atomic mass is 16.3. The zero-order valence-electron chi connectivity index (χ0n) is 20.6. The maximum Gasteiger partial charge on any atom is 0.244 e. The van der Waals surface area contributed by atoms with Gasteiger partial charge >= 0.3 is 0 Å². The highest BCUT2D eigenvalue weighted by Gasteiger charge is 2.60. The molecule has 1 amide bonds. The molecule has 9 atom stereocenters. The van der Waals surface area contributed by atoms with Gasteiger partial charge in [0.25, 0.3) is 0 Å². The first-order valence-electron chi connectivity index (χ1n) is 13.4. The minimum Gasteiger partial charge on any atom is -0.393 e. The van der Waals surface area contributed by atoms with E-state index in [-0.39, 0.29) is 12.0 Å². The second-order valence-electron chi connectivity index (χ2n) is 12.2. The molecule has 3 nitrogen and oxygen atoms in total. The van der Waals surface area contributed by atoms with E-state index in [1.54, 1.807) is 6.08 Å². The van der Waals surface area contributed by atoms with Gasteiger partial charge in [-0.05, 0) is 123 Å². The summed E-state index contributed by atoms with van der Waals surface area (Å²) < 4.78 is 0. The van der Waals surface area contributed by atoms with Crippen LogP contribution in [0.2, 0.25) is 0 Å². The molecule has 3 heteroatoms. The fraction of sp³-hybridized carbons (Fsp3) is 0.828. The van der Waals surface area contributed by atoms with Crippen molar-refractivity contribution in [3.05, 3.63) is 12.2 Å². The quantitative estimate of drug-likeness (QED) is 0.410. The Morgan fingerprint density at radius 1 is 1.12 bits per heavy atom. The van der Waals surface area contributed by atoms with Crippen molar-refractivity contribution in [3.63, 3.8) is 0 Å². The Bertz CT molecular complexity index is 753. The summed E-state index contributed by atoms with van der Waals surface area (Å²) in [7, 11) is 0. The standard InChI is InChI=1S/C29H45NO2/c1-5-18-30-27(32)9-7-6-8-20(2)24-12-13-25-23-11-10-21-19-22(31)14-16-28(21,3)26(23)15-17-29(24,25)4/h1,7,9,20-26,31H,6,8,10-19H2,2-4H3,(H,30,32)/t20-,21-,22-,23+,24-,25+,26+,28+,29-/m1/s1. The molecule has 4 saturated carbocycles. The first-order valence-corrected chi connectivity index (χ1v) is 13.4. The van der Waals surface area contributed by atoms with Crippen LogP contribution in [0.15, 0.2) is 12.2 Å². The first-order chi connectivity index (χ1) is 15.3. The Labute approximate surface area is 196 Å². The van der Waals surface area contributed by atoms with Gasteiger partial charge in [0, 0.05) is 0 Å². The highest BCUT2D eigenvalue weighted by Crippen LogP contribution is 2.68. The van der Waals surface area contributed by atoms with Crippen LogP contribution >= 0.6 is 0 Å². The third-order valence-electron chi connectivity index (χ3n) is 10.8. The molecule has 4 aliphatic carbocycles. The maximum absolute atomic E-state index is 11.7. The SMILES string of the molecule is C#CCNC(=O)C=CCC[C@@H](C)[C@H]1CC[C@H]2[C@@H]3CC[C@@H]4C[C@H](O)CC[C@]4(C)[C@H]3CC[C@]12C. The number of carbonyl (C=O) groups is 1. The lowest BCUT2D eigenvalue weighted by molar-refractivity contribution is -0.129. The monoisotopic (exact) mass is 439 g/mol. The first kappa shape index (κ1) is 23.9. The number of hydrogen-bond donors (Lipinski definition) is 2. The number of aliphatic hydroxyl groups excluding tert-OH is 1. The molecule has 32 heavy (non-hydrogen) atoms. The van der Waals surface area contributed by atoms with Gasteiger partial charge in [0.15, 0.2) is 0 Å². The van der Waals surface area contributed by atoms with Crippen molar-refractivity contribution in [2.75, 3.05) is 6.54 Å². The van der Waals surface area contributed by atoms with Crippen LogP contribution in [-0.2, 0) is 4.79 Å². The number of allylic oxidation sites excluding steroid dienone is 1. The number of hydrogen-bond acceptors (Lipinski definition) is 2. The van der Waals surface area contributed by atoms with E-state index in [0.29, 0.717) is 23.3 Å². The van der Waals surface area contributed by atoms with Gasteiger partial charge < -0.3 is 10.4 Å². The van der Waals surface area contributed by atoms with E-state index >= 15 is 0 Å². The molecule has 0 heterocycles. The number of fused-ring (bicyclic) bond motifs is 5. The van der Waals surface area contributed by atoms with Crippen molar-refractivity contribution in [1.29, 1.82) is 0 Å². The minimum absolute atomic E-state index is 0.0485. The molecule has 0 aromatic heterocycles. The van der Waals surface area contributed by atoms with Gasteiger partial charge in [0.1, 0.15) is 0 Å². The van der Waals surface area contributed by atoms with Gasteiger partial charge in [-0.2, -0.15) is 0 Å². The Morgan fingerprint density at radius 3 is 2.66 bits per heavy atom. The van der Waals surface area contributed by atoms with Crippen LogP contribution in [0.5, 0.6) is 0 Å². The van der Waals surface area contributed by atoms with Crippen LogP contribution in [0.1, 0.15) is 91.4 Å². The molecule has 0 unspecified atom stereocenters. The van der Waals surface area contributed by atoms with Crippen molar-refractivity contribution in [3.8, 4) is 12.3 Å². The highest BCUT2D eigenvalue weighted by molar-refractivity contribution is 5.87. The predicted octanol–water partition coefficient (Wildman–Crippen LogP) is 5.73. The fourth-order valence-corrected chi connectivity index (χ4v) is 9.16. The summed E-state index contributed by atoms with van der Waals surface area (Å²) >= 11 is 0. The van der Waals surface area contributed by atoms with E-state index in [0.717, 1.165) is 55.3 Å². The van der Waals surface area contributed by atoms with Crippen LogP contribution in [-0.4, -0.2) is 23.7 Å². The molecule has 4 rings (SSSR count). The number of aliphatic hydroxyl groups is 1. The Balaban J connectivity index is 1.37. The maximum atomic E-state index is 11.7. The molecule has 4 fully saturated rings. The van der Waals surface area contributed by atoms with Crippen molar-refractivity contribution < 1.29 is 9.90 Å². The molecule has 0 radical (unpaired) electrons. The summed E-state index contributed by atoms with van der Waals surface area (Å²) in [6.45, 7) is 7.97. The molecule has 0 bridgehead atoms. The van der Waals surface area contributed by atoms with E-state index in [2.05, 4.69) is 32.0 Å². The second-order valence-corrected chi connectivity index (χ2v) is 12.2. The zero-order valence-corrected chi connectivity index (χ0v) is 20.6. The smallest absolute Gasteiger partial charge is 0.244 e. The summed E-state index contributed by atoms with van der Waals surface area (Å²) in [4.78, 5) is 11.7. The second kappa shape index (κ2) is 9.54. The summed E-state index contributed by atoms with van der Waals surface area (Å²) in [6, 6.07) is 0. The lowest BCUT2D eigenvalue weighted by Gasteiger charge is -2.61. The van der Waals surface area contributed by atoms with Gasteiger partial charge in [-0.25, -0.2) is 0 Å². The average Bonchev–Trinajstić information content (AvgIpc) is 3.13. The molecular weight excluding hydrogens is 394 g/mol. The molecule has 0 spiro atoms. The third kappa shape index (κ3) is 4.29. The largest absolute Gasteiger partial charge is 0.393 e. The fourth-order valence-electron chi connectivity index (χ4n) is 9.16. The number of rotatable bonds is 6. The Morgan fingerprint density at radius 2 is 1.88 bits per heavy atom. The van der Waals surface area contributed by atoms with E-state index in [1.165, 1.54) is 44.9 Å². The number of carbonyl (C=O) groups excluding carboxylic acids is 1. The van der Waals surface area contributed by atoms with Crippen LogP contribution in [0.4, 0.5) is 0 Å². The van der Waals surface area contributed by atoms with Crippen molar-refractivity contribution in [2.45, 2.75) is 97.5 Å². The third-order valence-corrected chi connectivity index (χ3v) is 10.8. The van der Waals surface area contributed by atoms with Gasteiger partial charge in [0.2, 0.25) is 5.91 Å². The molecule has 4 aliphatic rings. The van der Waals surface area contributed by atoms with Gasteiger partial charge in [-0.1, -0.05) is 32.8 Å². The van der Waals surface area contributed by atoms with Crippen LogP contribution in [0.25, 0.3) is 0 Å². The van der Waals surface area contributed by atoms with E-state index in [1.807, 2.05) is 6.08 Å². The number of terminal acetylenes is 1. The van der Waals surface area contributed by atoms with Crippen molar-refractivity contribution in [1.82, 2.24) is 5.32 Å². The van der Waals surface area contributed by atoms with Crippen LogP contribution in [0.3, 0.4) is 0 Å². The molecule has 0 aromatic carbocycles. The lowest BCUT2D eigenvalue weighted by Crippen LogP contribution is -2.54. The van der Waals surface area contributed by atoms with Crippen LogP contribution in [0, 0.1) is 58.7 Å². The Kier molecular flexibility index (Phi) is 7.11. The van der Waals surface area contributed by atoms with Crippen molar-refractivity contribution in [2.24, 2.45) is 46.3 Å². The number of amides is 1. The minimum atomic E-state index is -0.0823. The summed E-state index contributed by atoms with van der Waals surface area (Å²) in [5.41, 5.74) is 0.962. The van der Waals surface area contributed by atoms with E-state index in [9.17, 15) is 9.90 Å². The summed E-state index contributed by atoms with van der Waals surface area (Å²) in [6.07, 6.45) is 22.6. The van der Waals surface area contributed by atoms with Crippen LogP contribution < -0.4 is 5.32 Å². The zero-order chi connectivity index (χ0) is 22.9. The molecule has 0 aliphatic heterocycles. The summed E-state index contributed by atoms with van der Waals surface area (Å²) in [5.74, 6) is 7.30.